The van der Waals surface area contributed by atoms with E-state index < -0.39 is 0 Å². The van der Waals surface area contributed by atoms with Crippen LogP contribution < -0.4 is 4.90 Å². The van der Waals surface area contributed by atoms with Crippen LogP contribution in [0.15, 0.2) is 18.3 Å². The number of nitrogens with zero attached hydrogens (tertiary/aromatic N) is 3. The maximum atomic E-state index is 11.6. The van der Waals surface area contributed by atoms with Gasteiger partial charge in [-0.1, -0.05) is 0 Å². The Kier molecular flexibility index (Phi) is 3.97. The minimum Gasteiger partial charge on any atom is -0.353 e. The van der Waals surface area contributed by atoms with Crippen LogP contribution in [-0.2, 0) is 0 Å². The molecule has 0 saturated carbocycles. The van der Waals surface area contributed by atoms with Crippen LogP contribution in [0.1, 0.15) is 31.1 Å². The third-order valence-electron chi connectivity index (χ3n) is 3.51. The number of hydrogen-bond acceptors (Lipinski definition) is 4. The standard InChI is InChI=1S/C14H21N3O/c1-11(2)16-7-9-17(10-8-16)14-13(12(3)18)5-4-6-15-14/h4-6,11H,7-10H2,1-3H3. The SMILES string of the molecule is CC(=O)c1cccnc1N1CCN(C(C)C)CC1. The lowest BCUT2D eigenvalue weighted by Gasteiger charge is -2.37. The Bertz CT molecular complexity index is 423. The summed E-state index contributed by atoms with van der Waals surface area (Å²) in [6.45, 7) is 9.99. The van der Waals surface area contributed by atoms with Gasteiger partial charge in [0.1, 0.15) is 5.82 Å². The summed E-state index contributed by atoms with van der Waals surface area (Å²) in [5.41, 5.74) is 0.732. The summed E-state index contributed by atoms with van der Waals surface area (Å²) in [6.07, 6.45) is 1.76. The highest BCUT2D eigenvalue weighted by Gasteiger charge is 2.22. The van der Waals surface area contributed by atoms with Crippen molar-refractivity contribution in [1.82, 2.24) is 9.88 Å². The second-order valence-electron chi connectivity index (χ2n) is 5.05. The van der Waals surface area contributed by atoms with Crippen LogP contribution in [0.25, 0.3) is 0 Å². The van der Waals surface area contributed by atoms with Gasteiger partial charge in [0.15, 0.2) is 5.78 Å². The predicted octanol–water partition coefficient (Wildman–Crippen LogP) is 1.81. The molecule has 0 N–H and O–H groups in total. The smallest absolute Gasteiger partial charge is 0.163 e. The maximum Gasteiger partial charge on any atom is 0.163 e. The van der Waals surface area contributed by atoms with Crippen molar-refractivity contribution in [2.75, 3.05) is 31.1 Å². The van der Waals surface area contributed by atoms with Crippen molar-refractivity contribution < 1.29 is 4.79 Å². The third kappa shape index (κ3) is 2.70. The normalized spacial score (nSPS) is 17.2. The lowest BCUT2D eigenvalue weighted by molar-refractivity contribution is 0.101. The van der Waals surface area contributed by atoms with E-state index in [1.54, 1.807) is 13.1 Å². The molecule has 1 fully saturated rings. The van der Waals surface area contributed by atoms with E-state index in [-0.39, 0.29) is 5.78 Å². The van der Waals surface area contributed by atoms with Crippen molar-refractivity contribution in [3.8, 4) is 0 Å². The van der Waals surface area contributed by atoms with Crippen molar-refractivity contribution >= 4 is 11.6 Å². The van der Waals surface area contributed by atoms with Gasteiger partial charge in [0.2, 0.25) is 0 Å². The van der Waals surface area contributed by atoms with Crippen LogP contribution in [0.3, 0.4) is 0 Å². The summed E-state index contributed by atoms with van der Waals surface area (Å²) in [7, 11) is 0. The van der Waals surface area contributed by atoms with Crippen LogP contribution >= 0.6 is 0 Å². The van der Waals surface area contributed by atoms with Crippen molar-refractivity contribution in [2.24, 2.45) is 0 Å². The quantitative estimate of drug-likeness (QED) is 0.763. The Hall–Kier alpha value is -1.42. The van der Waals surface area contributed by atoms with Gasteiger partial charge in [-0.05, 0) is 32.9 Å². The van der Waals surface area contributed by atoms with Crippen LogP contribution in [-0.4, -0.2) is 47.9 Å². The van der Waals surface area contributed by atoms with E-state index in [1.165, 1.54) is 0 Å². The Balaban J connectivity index is 2.12. The average molecular weight is 247 g/mol. The molecule has 98 valence electrons. The predicted molar refractivity (Wildman–Crippen MR) is 73.2 cm³/mol. The third-order valence-corrected chi connectivity index (χ3v) is 3.51. The first kappa shape index (κ1) is 13.0. The summed E-state index contributed by atoms with van der Waals surface area (Å²) in [6, 6.07) is 4.27. The van der Waals surface area contributed by atoms with E-state index >= 15 is 0 Å². The van der Waals surface area contributed by atoms with Crippen LogP contribution in [0.2, 0.25) is 0 Å². The molecule has 1 aromatic rings. The Labute approximate surface area is 109 Å². The number of carbonyl (C=O) groups excluding carboxylic acids is 1. The summed E-state index contributed by atoms with van der Waals surface area (Å²) in [4.78, 5) is 20.7. The Morgan fingerprint density at radius 3 is 2.50 bits per heavy atom. The second-order valence-corrected chi connectivity index (χ2v) is 5.05. The summed E-state index contributed by atoms with van der Waals surface area (Å²) in [5.74, 6) is 0.929. The molecular formula is C14H21N3O. The van der Waals surface area contributed by atoms with Gasteiger partial charge < -0.3 is 4.90 Å². The van der Waals surface area contributed by atoms with Gasteiger partial charge in [0.25, 0.3) is 0 Å². The van der Waals surface area contributed by atoms with Gasteiger partial charge in [-0.3, -0.25) is 9.69 Å². The first-order valence-corrected chi connectivity index (χ1v) is 6.54. The van der Waals surface area contributed by atoms with Gasteiger partial charge >= 0.3 is 0 Å². The number of ketones is 1. The molecule has 1 aromatic heterocycles. The zero-order valence-electron chi connectivity index (χ0n) is 11.4. The fourth-order valence-electron chi connectivity index (χ4n) is 2.37. The van der Waals surface area contributed by atoms with Crippen molar-refractivity contribution in [3.05, 3.63) is 23.9 Å². The van der Waals surface area contributed by atoms with E-state index in [9.17, 15) is 4.79 Å². The monoisotopic (exact) mass is 247 g/mol. The van der Waals surface area contributed by atoms with E-state index in [0.717, 1.165) is 37.6 Å². The topological polar surface area (TPSA) is 36.4 Å². The number of anilines is 1. The molecule has 0 aromatic carbocycles. The molecule has 4 nitrogen and oxygen atoms in total. The lowest BCUT2D eigenvalue weighted by atomic mass is 10.1. The number of rotatable bonds is 3. The van der Waals surface area contributed by atoms with Gasteiger partial charge in [0.05, 0.1) is 5.56 Å². The molecule has 1 aliphatic heterocycles. The maximum absolute atomic E-state index is 11.6. The number of pyridine rings is 1. The van der Waals surface area contributed by atoms with E-state index in [4.69, 9.17) is 0 Å². The molecule has 4 heteroatoms. The van der Waals surface area contributed by atoms with Crippen molar-refractivity contribution in [1.29, 1.82) is 0 Å². The molecule has 0 bridgehead atoms. The van der Waals surface area contributed by atoms with E-state index in [1.807, 2.05) is 12.1 Å². The van der Waals surface area contributed by atoms with Gasteiger partial charge in [-0.15, -0.1) is 0 Å². The number of hydrogen-bond donors (Lipinski definition) is 0. The van der Waals surface area contributed by atoms with Crippen LogP contribution in [0.5, 0.6) is 0 Å². The summed E-state index contributed by atoms with van der Waals surface area (Å²) >= 11 is 0. The van der Waals surface area contributed by atoms with Crippen LogP contribution in [0, 0.1) is 0 Å². The highest BCUT2D eigenvalue weighted by atomic mass is 16.1. The highest BCUT2D eigenvalue weighted by Crippen LogP contribution is 2.19. The Morgan fingerprint density at radius 2 is 1.94 bits per heavy atom. The van der Waals surface area contributed by atoms with Gasteiger partial charge in [0, 0.05) is 38.4 Å². The van der Waals surface area contributed by atoms with E-state index in [2.05, 4.69) is 28.6 Å². The zero-order valence-corrected chi connectivity index (χ0v) is 11.4. The zero-order chi connectivity index (χ0) is 13.1. The minimum absolute atomic E-state index is 0.0874. The fraction of sp³-hybridized carbons (Fsp3) is 0.571. The van der Waals surface area contributed by atoms with Gasteiger partial charge in [-0.2, -0.15) is 0 Å². The van der Waals surface area contributed by atoms with Gasteiger partial charge in [-0.25, -0.2) is 4.98 Å². The minimum atomic E-state index is 0.0874. The molecule has 1 saturated heterocycles. The molecule has 0 aliphatic carbocycles. The number of piperazine rings is 1. The van der Waals surface area contributed by atoms with E-state index in [0.29, 0.717) is 6.04 Å². The van der Waals surface area contributed by atoms with Crippen molar-refractivity contribution in [3.63, 3.8) is 0 Å². The fourth-order valence-corrected chi connectivity index (χ4v) is 2.37. The molecule has 1 aliphatic rings. The molecule has 0 radical (unpaired) electrons. The number of aromatic nitrogens is 1. The molecule has 2 rings (SSSR count). The number of carbonyl (C=O) groups is 1. The molecule has 18 heavy (non-hydrogen) atoms. The lowest BCUT2D eigenvalue weighted by Crippen LogP contribution is -2.49. The number of Topliss-reactive ketones (excluding diaryl/α,β-unsaturated/α-hetero) is 1. The Morgan fingerprint density at radius 1 is 1.28 bits per heavy atom. The highest BCUT2D eigenvalue weighted by molar-refractivity contribution is 5.98. The second kappa shape index (κ2) is 5.48. The first-order chi connectivity index (χ1) is 8.59. The molecule has 0 spiro atoms. The summed E-state index contributed by atoms with van der Waals surface area (Å²) in [5, 5.41) is 0. The van der Waals surface area contributed by atoms with Crippen LogP contribution in [0.4, 0.5) is 5.82 Å². The largest absolute Gasteiger partial charge is 0.353 e. The summed E-state index contributed by atoms with van der Waals surface area (Å²) < 4.78 is 0. The molecule has 0 atom stereocenters. The first-order valence-electron chi connectivity index (χ1n) is 6.54. The van der Waals surface area contributed by atoms with Crippen molar-refractivity contribution in [2.45, 2.75) is 26.8 Å². The molecular weight excluding hydrogens is 226 g/mol. The average Bonchev–Trinajstić information content (AvgIpc) is 2.39. The molecule has 0 amide bonds. The molecule has 0 unspecified atom stereocenters. The molecule has 2 heterocycles.